The number of carbonyl (C=O) groups excluding carboxylic acids is 2. The van der Waals surface area contributed by atoms with Gasteiger partial charge in [-0.05, 0) is 26.8 Å². The Labute approximate surface area is 126 Å². The molecule has 21 heavy (non-hydrogen) atoms. The van der Waals surface area contributed by atoms with E-state index in [9.17, 15) is 19.7 Å². The summed E-state index contributed by atoms with van der Waals surface area (Å²) < 4.78 is 0. The molecule has 0 saturated carbocycles. The maximum Gasteiger partial charge on any atom is 0.270 e. The molecule has 2 amide bonds. The fourth-order valence-electron chi connectivity index (χ4n) is 1.55. The summed E-state index contributed by atoms with van der Waals surface area (Å²) in [6, 6.07) is 2.71. The van der Waals surface area contributed by atoms with Gasteiger partial charge in [0, 0.05) is 18.2 Å². The molecule has 1 unspecified atom stereocenters. The van der Waals surface area contributed by atoms with Gasteiger partial charge in [0.25, 0.3) is 11.6 Å². The lowest BCUT2D eigenvalue weighted by molar-refractivity contribution is -0.384. The van der Waals surface area contributed by atoms with Gasteiger partial charge >= 0.3 is 0 Å². The average molecular weight is 314 g/mol. The molecule has 114 valence electrons. The second kappa shape index (κ2) is 7.03. The molecule has 0 saturated heterocycles. The number of nitro groups is 1. The van der Waals surface area contributed by atoms with Crippen molar-refractivity contribution in [1.82, 2.24) is 10.6 Å². The van der Waals surface area contributed by atoms with Gasteiger partial charge in [0.1, 0.15) is 6.04 Å². The first-order chi connectivity index (χ1) is 9.72. The largest absolute Gasteiger partial charge is 0.352 e. The van der Waals surface area contributed by atoms with E-state index in [0.717, 1.165) is 6.07 Å². The number of rotatable bonds is 5. The summed E-state index contributed by atoms with van der Waals surface area (Å²) in [6.45, 7) is 5.11. The highest BCUT2D eigenvalue weighted by Gasteiger charge is 2.20. The number of nitrogens with one attached hydrogen (secondary N) is 2. The summed E-state index contributed by atoms with van der Waals surface area (Å²) in [6.07, 6.45) is 0. The van der Waals surface area contributed by atoms with Gasteiger partial charge in [0.2, 0.25) is 5.91 Å². The van der Waals surface area contributed by atoms with Crippen molar-refractivity contribution >= 4 is 29.1 Å². The van der Waals surface area contributed by atoms with Crippen molar-refractivity contribution in [2.75, 3.05) is 0 Å². The van der Waals surface area contributed by atoms with Crippen LogP contribution >= 0.6 is 11.6 Å². The highest BCUT2D eigenvalue weighted by atomic mass is 35.5. The summed E-state index contributed by atoms with van der Waals surface area (Å²) >= 11 is 5.86. The van der Waals surface area contributed by atoms with E-state index in [4.69, 9.17) is 11.6 Å². The van der Waals surface area contributed by atoms with E-state index >= 15 is 0 Å². The highest BCUT2D eigenvalue weighted by molar-refractivity contribution is 6.34. The second-order valence-corrected chi connectivity index (χ2v) is 5.19. The number of hydrogen-bond donors (Lipinski definition) is 2. The zero-order valence-electron chi connectivity index (χ0n) is 11.8. The lowest BCUT2D eigenvalue weighted by Gasteiger charge is -2.16. The van der Waals surface area contributed by atoms with Crippen molar-refractivity contribution in [1.29, 1.82) is 0 Å². The van der Waals surface area contributed by atoms with Gasteiger partial charge in [-0.15, -0.1) is 0 Å². The Bertz CT molecular complexity index is 575. The molecule has 0 spiro atoms. The topological polar surface area (TPSA) is 101 Å². The Balaban J connectivity index is 2.87. The van der Waals surface area contributed by atoms with E-state index in [0.29, 0.717) is 0 Å². The zero-order valence-corrected chi connectivity index (χ0v) is 12.6. The third-order valence-corrected chi connectivity index (χ3v) is 2.91. The van der Waals surface area contributed by atoms with Gasteiger partial charge in [-0.2, -0.15) is 0 Å². The quantitative estimate of drug-likeness (QED) is 0.640. The van der Waals surface area contributed by atoms with Crippen molar-refractivity contribution in [3.05, 3.63) is 38.9 Å². The molecule has 0 aromatic heterocycles. The number of halogens is 1. The number of amides is 2. The van der Waals surface area contributed by atoms with Gasteiger partial charge in [-0.1, -0.05) is 11.6 Å². The van der Waals surface area contributed by atoms with Gasteiger partial charge in [-0.3, -0.25) is 19.7 Å². The van der Waals surface area contributed by atoms with Gasteiger partial charge < -0.3 is 10.6 Å². The van der Waals surface area contributed by atoms with Crippen molar-refractivity contribution in [3.63, 3.8) is 0 Å². The van der Waals surface area contributed by atoms with Crippen LogP contribution in [0.2, 0.25) is 5.02 Å². The smallest absolute Gasteiger partial charge is 0.270 e. The molecule has 0 radical (unpaired) electrons. The molecule has 0 heterocycles. The molecule has 0 bridgehead atoms. The van der Waals surface area contributed by atoms with Crippen molar-refractivity contribution < 1.29 is 14.5 Å². The van der Waals surface area contributed by atoms with Crippen LogP contribution in [0.4, 0.5) is 5.69 Å². The zero-order chi connectivity index (χ0) is 16.2. The van der Waals surface area contributed by atoms with Crippen LogP contribution in [0.1, 0.15) is 31.1 Å². The lowest BCUT2D eigenvalue weighted by atomic mass is 10.1. The van der Waals surface area contributed by atoms with Crippen LogP contribution in [0, 0.1) is 10.1 Å². The molecule has 0 aliphatic carbocycles. The van der Waals surface area contributed by atoms with Crippen LogP contribution in [0.25, 0.3) is 0 Å². The molecular formula is C13H16ClN3O4. The Kier molecular flexibility index (Phi) is 5.66. The first kappa shape index (κ1) is 16.9. The van der Waals surface area contributed by atoms with Crippen LogP contribution in [0.5, 0.6) is 0 Å². The number of carbonyl (C=O) groups is 2. The Hall–Kier alpha value is -2.15. The first-order valence-corrected chi connectivity index (χ1v) is 6.65. The molecule has 1 aromatic carbocycles. The molecule has 0 aliphatic rings. The third kappa shape index (κ3) is 4.71. The Morgan fingerprint density at radius 1 is 1.24 bits per heavy atom. The van der Waals surface area contributed by atoms with Crippen LogP contribution < -0.4 is 10.6 Å². The lowest BCUT2D eigenvalue weighted by Crippen LogP contribution is -2.46. The summed E-state index contributed by atoms with van der Waals surface area (Å²) in [5.41, 5.74) is -0.293. The molecule has 1 aromatic rings. The van der Waals surface area contributed by atoms with E-state index < -0.39 is 16.9 Å². The number of hydrogen-bond acceptors (Lipinski definition) is 4. The molecule has 0 fully saturated rings. The monoisotopic (exact) mass is 313 g/mol. The number of nitro benzene ring substituents is 1. The van der Waals surface area contributed by atoms with Gasteiger partial charge in [-0.25, -0.2) is 0 Å². The molecule has 2 N–H and O–H groups in total. The summed E-state index contributed by atoms with van der Waals surface area (Å²) in [5.74, 6) is -0.991. The second-order valence-electron chi connectivity index (χ2n) is 4.78. The highest BCUT2D eigenvalue weighted by Crippen LogP contribution is 2.22. The van der Waals surface area contributed by atoms with E-state index in [2.05, 4.69) is 10.6 Å². The SMILES string of the molecule is CC(C)NC(=O)C(C)NC(=O)c1cc([N+](=O)[O-])ccc1Cl. The molecular weight excluding hydrogens is 298 g/mol. The maximum absolute atomic E-state index is 12.0. The number of benzene rings is 1. The van der Waals surface area contributed by atoms with Gasteiger partial charge in [0.05, 0.1) is 15.5 Å². The van der Waals surface area contributed by atoms with Gasteiger partial charge in [0.15, 0.2) is 0 Å². The number of nitrogens with zero attached hydrogens (tertiary/aromatic N) is 1. The Morgan fingerprint density at radius 3 is 2.38 bits per heavy atom. The molecule has 1 atom stereocenters. The minimum Gasteiger partial charge on any atom is -0.352 e. The molecule has 0 aliphatic heterocycles. The normalized spacial score (nSPS) is 11.9. The van der Waals surface area contributed by atoms with Crippen LogP contribution in [-0.4, -0.2) is 28.8 Å². The van der Waals surface area contributed by atoms with Crippen molar-refractivity contribution in [3.8, 4) is 0 Å². The summed E-state index contributed by atoms with van der Waals surface area (Å²) in [5, 5.41) is 15.9. The van der Waals surface area contributed by atoms with Crippen LogP contribution in [0.15, 0.2) is 18.2 Å². The fraction of sp³-hybridized carbons (Fsp3) is 0.385. The maximum atomic E-state index is 12.0. The fourth-order valence-corrected chi connectivity index (χ4v) is 1.75. The third-order valence-electron chi connectivity index (χ3n) is 2.58. The summed E-state index contributed by atoms with van der Waals surface area (Å²) in [7, 11) is 0. The first-order valence-electron chi connectivity index (χ1n) is 6.27. The minimum atomic E-state index is -0.782. The van der Waals surface area contributed by atoms with Crippen LogP contribution in [-0.2, 0) is 4.79 Å². The van der Waals surface area contributed by atoms with E-state index in [1.54, 1.807) is 13.8 Å². The predicted molar refractivity (Wildman–Crippen MR) is 78.3 cm³/mol. The molecule has 7 nitrogen and oxygen atoms in total. The van der Waals surface area contributed by atoms with Crippen molar-refractivity contribution in [2.24, 2.45) is 0 Å². The van der Waals surface area contributed by atoms with Crippen LogP contribution in [0.3, 0.4) is 0 Å². The molecule has 8 heteroatoms. The van der Waals surface area contributed by atoms with E-state index in [1.165, 1.54) is 19.1 Å². The summed E-state index contributed by atoms with van der Waals surface area (Å²) in [4.78, 5) is 33.8. The predicted octanol–water partition coefficient (Wildman–Crippen LogP) is 1.89. The van der Waals surface area contributed by atoms with Crippen molar-refractivity contribution in [2.45, 2.75) is 32.9 Å². The minimum absolute atomic E-state index is 0.0462. The van der Waals surface area contributed by atoms with E-state index in [-0.39, 0.29) is 28.2 Å². The Morgan fingerprint density at radius 2 is 1.86 bits per heavy atom. The number of non-ortho nitro benzene ring substituents is 1. The molecule has 1 rings (SSSR count). The average Bonchev–Trinajstić information content (AvgIpc) is 2.37. The van der Waals surface area contributed by atoms with E-state index in [1.807, 2.05) is 0 Å². The standard InChI is InChI=1S/C13H16ClN3O4/c1-7(2)15-12(18)8(3)16-13(19)10-6-9(17(20)21)4-5-11(10)14/h4-8H,1-3H3,(H,15,18)(H,16,19).